The van der Waals surface area contributed by atoms with E-state index in [1.165, 1.54) is 103 Å². The predicted molar refractivity (Wildman–Crippen MR) is 299 cm³/mol. The smallest absolute Gasteiger partial charge is 0.444 e. The van der Waals surface area contributed by atoms with Gasteiger partial charge < -0.3 is 24.2 Å². The number of ketones is 1. The molecule has 2 saturated carbocycles. The number of hydrogen-bond donors (Lipinski definition) is 2. The lowest BCUT2D eigenvalue weighted by atomic mass is 9.90. The summed E-state index contributed by atoms with van der Waals surface area (Å²) in [6.45, 7) is 12.2. The molecular weight excluding hydrogens is 1160 g/mol. The first-order valence-corrected chi connectivity index (χ1v) is 30.4. The van der Waals surface area contributed by atoms with Gasteiger partial charge in [0.15, 0.2) is 21.2 Å². The Morgan fingerprint density at radius 2 is 1.16 bits per heavy atom. The second-order valence-electron chi connectivity index (χ2n) is 18.8. The summed E-state index contributed by atoms with van der Waals surface area (Å²) >= 11 is 7.39. The molecule has 10 nitrogen and oxygen atoms in total. The van der Waals surface area contributed by atoms with Crippen molar-refractivity contribution >= 4 is 103 Å². The van der Waals surface area contributed by atoms with Gasteiger partial charge in [0, 0.05) is 74.3 Å². The number of hydrogen-bond acceptors (Lipinski definition) is 13. The molecule has 5 aliphatic rings. The normalized spacial score (nSPS) is 16.6. The number of ether oxygens (including phenoxy) is 3. The predicted octanol–water partition coefficient (Wildman–Crippen LogP) is 15.7. The maximum absolute atomic E-state index is 13.2. The van der Waals surface area contributed by atoms with E-state index >= 15 is 0 Å². The highest BCUT2D eigenvalue weighted by atomic mass is 35.5. The first-order valence-electron chi connectivity index (χ1n) is 24.7. The number of carbonyl (C=O) groups excluding carboxylic acids is 2. The van der Waals surface area contributed by atoms with Crippen LogP contribution < -0.4 is 0 Å². The van der Waals surface area contributed by atoms with Crippen LogP contribution >= 0.6 is 81.5 Å². The molecule has 430 valence electrons. The number of rotatable bonds is 6. The van der Waals surface area contributed by atoms with E-state index in [9.17, 15) is 35.9 Å². The molecule has 1 saturated heterocycles. The van der Waals surface area contributed by atoms with Gasteiger partial charge in [0.2, 0.25) is 0 Å². The number of aliphatic hydroxyl groups is 1. The van der Waals surface area contributed by atoms with Crippen molar-refractivity contribution in [3.63, 3.8) is 0 Å². The largest absolute Gasteiger partial charge is 0.522 e. The van der Waals surface area contributed by atoms with Crippen LogP contribution in [0.5, 0.6) is 0 Å². The highest BCUT2D eigenvalue weighted by Gasteiger charge is 2.45. The Balaban J connectivity index is 0.000000307. The fourth-order valence-electron chi connectivity index (χ4n) is 8.60. The molecular formula is C52H71Cl2F6NO9S6. The number of amides is 1. The number of aliphatic hydroxyl groups excluding tert-OH is 1. The van der Waals surface area contributed by atoms with Crippen molar-refractivity contribution in [2.75, 3.05) is 32.9 Å². The number of likely N-dealkylation sites (tertiary alicyclic amines) is 1. The second-order valence-corrected chi connectivity index (χ2v) is 25.6. The molecule has 0 atom stereocenters. The van der Waals surface area contributed by atoms with Gasteiger partial charge in [0.1, 0.15) is 5.60 Å². The summed E-state index contributed by atoms with van der Waals surface area (Å²) in [6, 6.07) is 15.1. The maximum Gasteiger partial charge on any atom is 0.522 e. The van der Waals surface area contributed by atoms with Crippen molar-refractivity contribution in [2.24, 2.45) is 0 Å². The number of thiophene rings is 5. The van der Waals surface area contributed by atoms with Crippen molar-refractivity contribution in [3.05, 3.63) is 110 Å². The van der Waals surface area contributed by atoms with E-state index in [-0.39, 0.29) is 70.3 Å². The molecule has 24 heteroatoms. The van der Waals surface area contributed by atoms with E-state index in [0.717, 1.165) is 87.0 Å². The molecule has 10 rings (SSSR count). The Hall–Kier alpha value is -2.61. The first kappa shape index (κ1) is 69.5. The van der Waals surface area contributed by atoms with Crippen LogP contribution in [0.2, 0.25) is 0 Å². The molecule has 1 amide bonds. The molecule has 3 fully saturated rings. The standard InChI is InChI=1S/2C11H13FOS.C9H15NO3.C7H9FS.C7H10S.C6H8OS.CHF3O3S.2ClH/c2*12-10-7-8-9(14-10)3-6-13-11(8)4-1-2-5-11;1-9(2,3)13-8(12)10-5-4-7(11)6-10;1-2-3-6-4-5-7(8)9-6;1-2-4-7-5-3-6-8-7;7-4-3-6-2-1-5-8-6;2-1(3,4)8(5,6)7;;/h2*7H,1-6H2;4-6H2,1-3H3;4-5H,2-3H2,1H3;3,5-6H,2,4H2,1H3;1-2,5,7H,3-4H2;(H,5,6,7);2*1H. The Bertz CT molecular complexity index is 2430. The van der Waals surface area contributed by atoms with Crippen molar-refractivity contribution in [2.45, 2.75) is 160 Å². The monoisotopic (exact) mass is 1230 g/mol. The Morgan fingerprint density at radius 1 is 0.711 bits per heavy atom. The summed E-state index contributed by atoms with van der Waals surface area (Å²) in [5.41, 5.74) is -3.91. The van der Waals surface area contributed by atoms with Crippen molar-refractivity contribution in [1.29, 1.82) is 0 Å². The third-order valence-electron chi connectivity index (χ3n) is 11.9. The molecule has 5 aromatic heterocycles. The number of alkyl halides is 3. The van der Waals surface area contributed by atoms with Crippen LogP contribution in [0.1, 0.15) is 141 Å². The van der Waals surface area contributed by atoms with Gasteiger partial charge in [-0.25, -0.2) is 4.79 Å². The van der Waals surface area contributed by atoms with Crippen molar-refractivity contribution < 1.29 is 68.2 Å². The minimum Gasteiger partial charge on any atom is -0.444 e. The summed E-state index contributed by atoms with van der Waals surface area (Å²) in [5.74, 6) is 0.103. The van der Waals surface area contributed by atoms with Gasteiger partial charge in [-0.15, -0.1) is 81.5 Å². The van der Waals surface area contributed by atoms with Crippen LogP contribution in [0.4, 0.5) is 31.1 Å². The lowest BCUT2D eigenvalue weighted by Gasteiger charge is -2.33. The van der Waals surface area contributed by atoms with E-state index in [1.807, 2.05) is 55.7 Å². The van der Waals surface area contributed by atoms with E-state index in [4.69, 9.17) is 32.3 Å². The van der Waals surface area contributed by atoms with Crippen LogP contribution in [0.15, 0.2) is 59.3 Å². The number of aryl methyl sites for hydroxylation is 2. The summed E-state index contributed by atoms with van der Waals surface area (Å²) in [5, 5.41) is 12.4. The van der Waals surface area contributed by atoms with Gasteiger partial charge in [-0.3, -0.25) is 9.35 Å². The quantitative estimate of drug-likeness (QED) is 0.0966. The lowest BCUT2D eigenvalue weighted by Crippen LogP contribution is -2.35. The molecule has 2 N–H and O–H groups in total. The fourth-order valence-corrected chi connectivity index (χ4v) is 12.8. The van der Waals surface area contributed by atoms with Gasteiger partial charge in [-0.2, -0.15) is 34.8 Å². The molecule has 0 bridgehead atoms. The number of carbonyl (C=O) groups is 2. The van der Waals surface area contributed by atoms with Crippen molar-refractivity contribution in [1.82, 2.24) is 4.90 Å². The van der Waals surface area contributed by atoms with E-state index in [0.29, 0.717) is 13.0 Å². The van der Waals surface area contributed by atoms with Crippen LogP contribution in [-0.2, 0) is 72.4 Å². The number of Topliss-reactive ketones (excluding diaryl/α,β-unsaturated/α-hetero) is 1. The maximum atomic E-state index is 13.2. The van der Waals surface area contributed by atoms with Gasteiger partial charge in [0.25, 0.3) is 0 Å². The molecule has 0 aromatic carbocycles. The van der Waals surface area contributed by atoms with Gasteiger partial charge in [-0.05, 0) is 106 Å². The average Bonchev–Trinajstić information content (AvgIpc) is 4.17. The zero-order valence-corrected chi connectivity index (χ0v) is 49.9. The zero-order chi connectivity index (χ0) is 54.6. The minimum atomic E-state index is -5.84. The Labute approximate surface area is 476 Å². The minimum absolute atomic E-state index is 0. The van der Waals surface area contributed by atoms with Gasteiger partial charge in [0.05, 0.1) is 31.0 Å². The number of halogens is 8. The third kappa shape index (κ3) is 22.9. The summed E-state index contributed by atoms with van der Waals surface area (Å²) in [4.78, 5) is 30.0. The molecule has 5 aromatic rings. The molecule has 0 unspecified atom stereocenters. The molecule has 3 aliphatic heterocycles. The molecule has 76 heavy (non-hydrogen) atoms. The molecule has 0 radical (unpaired) electrons. The molecule has 2 spiro atoms. The van der Waals surface area contributed by atoms with Crippen LogP contribution in [0, 0.1) is 15.4 Å². The average molecular weight is 1230 g/mol. The Kier molecular flexibility index (Phi) is 30.4. The number of fused-ring (bicyclic) bond motifs is 4. The fraction of sp³-hybridized carbons (Fsp3) is 0.577. The van der Waals surface area contributed by atoms with E-state index in [2.05, 4.69) is 31.4 Å². The highest BCUT2D eigenvalue weighted by molar-refractivity contribution is 7.86. The molecule has 8 heterocycles. The first-order chi connectivity index (χ1) is 34.9. The number of nitrogens with zero attached hydrogens (tertiary/aromatic N) is 1. The SMILES string of the molecule is CC(C)(C)OC(=O)N1CCC(=O)C1.CCCc1ccc(F)s1.CCCc1cccs1.Cl.Cl.Fc1cc2c(s1)CCOC21CCCC1.Fc1cc2c(s1)CCOC21CCCC1.O=S(=O)(O)C(F)(F)F.OCCc1cccs1. The second kappa shape index (κ2) is 33.2. The topological polar surface area (TPSA) is 140 Å². The van der Waals surface area contributed by atoms with Gasteiger partial charge >= 0.3 is 21.7 Å². The van der Waals surface area contributed by atoms with E-state index in [1.54, 1.807) is 23.5 Å². The zero-order valence-electron chi connectivity index (χ0n) is 43.4. The molecule has 2 aliphatic carbocycles. The Morgan fingerprint density at radius 3 is 1.50 bits per heavy atom. The van der Waals surface area contributed by atoms with Crippen LogP contribution in [-0.4, -0.2) is 78.9 Å². The summed E-state index contributed by atoms with van der Waals surface area (Å²) < 4.78 is 113. The van der Waals surface area contributed by atoms with Crippen LogP contribution in [0.25, 0.3) is 0 Å². The highest BCUT2D eigenvalue weighted by Crippen LogP contribution is 2.49. The van der Waals surface area contributed by atoms with Crippen LogP contribution in [0.3, 0.4) is 0 Å². The van der Waals surface area contributed by atoms with E-state index < -0.39 is 27.3 Å². The lowest BCUT2D eigenvalue weighted by molar-refractivity contribution is -0.117. The summed E-state index contributed by atoms with van der Waals surface area (Å²) in [6.07, 6.45) is 16.5. The third-order valence-corrected chi connectivity index (χ3v) is 17.2. The summed E-state index contributed by atoms with van der Waals surface area (Å²) in [7, 11) is -5.84. The van der Waals surface area contributed by atoms with Crippen molar-refractivity contribution in [3.8, 4) is 0 Å². The van der Waals surface area contributed by atoms with Gasteiger partial charge in [-0.1, -0.05) is 64.5 Å².